The van der Waals surface area contributed by atoms with E-state index in [0.29, 0.717) is 6.54 Å². The zero-order valence-corrected chi connectivity index (χ0v) is 18.3. The van der Waals surface area contributed by atoms with E-state index in [4.69, 9.17) is 4.74 Å². The van der Waals surface area contributed by atoms with Crippen LogP contribution in [0.3, 0.4) is 0 Å². The minimum atomic E-state index is -0.357. The van der Waals surface area contributed by atoms with Crippen LogP contribution in [-0.2, 0) is 16.1 Å². The van der Waals surface area contributed by atoms with E-state index in [2.05, 4.69) is 29.3 Å². The standard InChI is InChI=1S/C25H31N3O3/c1-18-11-13-27(14-12-18)16-19-3-5-21(6-4-19)26-25(30)20-15-24(29)28(17-20)22-7-9-23(31-2)10-8-22/h3-10,18,20H,11-17H2,1-2H3,(H,26,30). The van der Waals surface area contributed by atoms with Gasteiger partial charge in [-0.15, -0.1) is 0 Å². The van der Waals surface area contributed by atoms with Gasteiger partial charge in [0, 0.05) is 30.9 Å². The Kier molecular flexibility index (Phi) is 6.56. The molecule has 0 aromatic heterocycles. The molecule has 0 radical (unpaired) electrons. The van der Waals surface area contributed by atoms with Crippen LogP contribution in [0, 0.1) is 11.8 Å². The van der Waals surface area contributed by atoms with Crippen LogP contribution >= 0.6 is 0 Å². The van der Waals surface area contributed by atoms with Gasteiger partial charge < -0.3 is 15.0 Å². The van der Waals surface area contributed by atoms with Crippen molar-refractivity contribution in [2.75, 3.05) is 37.0 Å². The lowest BCUT2D eigenvalue weighted by Gasteiger charge is -2.30. The van der Waals surface area contributed by atoms with Crippen molar-refractivity contribution < 1.29 is 14.3 Å². The molecular weight excluding hydrogens is 390 g/mol. The summed E-state index contributed by atoms with van der Waals surface area (Å²) in [6.07, 6.45) is 2.76. The van der Waals surface area contributed by atoms with Gasteiger partial charge in [-0.3, -0.25) is 14.5 Å². The van der Waals surface area contributed by atoms with Gasteiger partial charge in [0.15, 0.2) is 0 Å². The van der Waals surface area contributed by atoms with Gasteiger partial charge in [0.1, 0.15) is 5.75 Å². The molecule has 4 rings (SSSR count). The second kappa shape index (κ2) is 9.52. The molecule has 6 nitrogen and oxygen atoms in total. The van der Waals surface area contributed by atoms with Crippen molar-refractivity contribution in [2.24, 2.45) is 11.8 Å². The third-order valence-electron chi connectivity index (χ3n) is 6.38. The predicted molar refractivity (Wildman–Crippen MR) is 122 cm³/mol. The maximum absolute atomic E-state index is 12.8. The van der Waals surface area contributed by atoms with E-state index in [9.17, 15) is 9.59 Å². The Morgan fingerprint density at radius 2 is 1.74 bits per heavy atom. The molecule has 0 spiro atoms. The number of piperidine rings is 1. The second-order valence-electron chi connectivity index (χ2n) is 8.75. The molecular formula is C25H31N3O3. The number of rotatable bonds is 6. The second-order valence-corrected chi connectivity index (χ2v) is 8.75. The number of nitrogens with zero attached hydrogens (tertiary/aromatic N) is 2. The van der Waals surface area contributed by atoms with Gasteiger partial charge >= 0.3 is 0 Å². The van der Waals surface area contributed by atoms with Crippen LogP contribution in [-0.4, -0.2) is 43.5 Å². The number of carbonyl (C=O) groups is 2. The molecule has 1 unspecified atom stereocenters. The Hall–Kier alpha value is -2.86. The highest BCUT2D eigenvalue weighted by molar-refractivity contribution is 6.03. The third kappa shape index (κ3) is 5.25. The van der Waals surface area contributed by atoms with Crippen LogP contribution in [0.4, 0.5) is 11.4 Å². The summed E-state index contributed by atoms with van der Waals surface area (Å²) in [4.78, 5) is 29.4. The molecule has 2 fully saturated rings. The van der Waals surface area contributed by atoms with Crippen molar-refractivity contribution in [3.8, 4) is 5.75 Å². The van der Waals surface area contributed by atoms with Crippen LogP contribution < -0.4 is 15.0 Å². The molecule has 2 amide bonds. The first-order valence-electron chi connectivity index (χ1n) is 11.1. The number of ether oxygens (including phenoxy) is 1. The lowest BCUT2D eigenvalue weighted by Crippen LogP contribution is -2.32. The summed E-state index contributed by atoms with van der Waals surface area (Å²) in [6, 6.07) is 15.4. The molecule has 2 aromatic carbocycles. The van der Waals surface area contributed by atoms with Gasteiger partial charge in [-0.1, -0.05) is 19.1 Å². The number of likely N-dealkylation sites (tertiary alicyclic amines) is 1. The number of amides is 2. The minimum Gasteiger partial charge on any atom is -0.497 e. The summed E-state index contributed by atoms with van der Waals surface area (Å²) in [6.45, 7) is 5.97. The number of hydrogen-bond acceptors (Lipinski definition) is 4. The maximum atomic E-state index is 12.8. The summed E-state index contributed by atoms with van der Waals surface area (Å²) in [7, 11) is 1.61. The average molecular weight is 422 g/mol. The van der Waals surface area contributed by atoms with E-state index in [1.807, 2.05) is 36.4 Å². The zero-order valence-electron chi connectivity index (χ0n) is 18.3. The first-order valence-corrected chi connectivity index (χ1v) is 11.1. The van der Waals surface area contributed by atoms with Crippen LogP contribution in [0.15, 0.2) is 48.5 Å². The van der Waals surface area contributed by atoms with Gasteiger partial charge in [0.2, 0.25) is 11.8 Å². The van der Waals surface area contributed by atoms with Gasteiger partial charge in [0.05, 0.1) is 13.0 Å². The smallest absolute Gasteiger partial charge is 0.229 e. The van der Waals surface area contributed by atoms with Crippen molar-refractivity contribution >= 4 is 23.2 Å². The van der Waals surface area contributed by atoms with Crippen LogP contribution in [0.2, 0.25) is 0 Å². The highest BCUT2D eigenvalue weighted by Gasteiger charge is 2.35. The predicted octanol–water partition coefficient (Wildman–Crippen LogP) is 3.92. The molecule has 2 aromatic rings. The normalized spacial score (nSPS) is 20.1. The highest BCUT2D eigenvalue weighted by Crippen LogP contribution is 2.28. The van der Waals surface area contributed by atoms with Crippen molar-refractivity contribution in [3.63, 3.8) is 0 Å². The SMILES string of the molecule is COc1ccc(N2CC(C(=O)Nc3ccc(CN4CCC(C)CC4)cc3)CC2=O)cc1. The minimum absolute atomic E-state index is 0.0310. The first kappa shape index (κ1) is 21.4. The van der Waals surface area contributed by atoms with Gasteiger partial charge in [-0.05, 0) is 73.8 Å². The molecule has 1 N–H and O–H groups in total. The lowest BCUT2D eigenvalue weighted by atomic mass is 9.99. The Balaban J connectivity index is 1.31. The fraction of sp³-hybridized carbons (Fsp3) is 0.440. The number of anilines is 2. The fourth-order valence-corrected chi connectivity index (χ4v) is 4.31. The average Bonchev–Trinajstić information content (AvgIpc) is 3.18. The van der Waals surface area contributed by atoms with E-state index in [1.54, 1.807) is 12.0 Å². The summed E-state index contributed by atoms with van der Waals surface area (Å²) in [5, 5.41) is 2.98. The molecule has 31 heavy (non-hydrogen) atoms. The molecule has 0 aliphatic carbocycles. The monoisotopic (exact) mass is 421 g/mol. The van der Waals surface area contributed by atoms with Crippen molar-refractivity contribution in [1.29, 1.82) is 0 Å². The third-order valence-corrected chi connectivity index (χ3v) is 6.38. The van der Waals surface area contributed by atoms with Crippen LogP contribution in [0.1, 0.15) is 31.7 Å². The van der Waals surface area contributed by atoms with E-state index in [-0.39, 0.29) is 24.2 Å². The fourth-order valence-electron chi connectivity index (χ4n) is 4.31. The topological polar surface area (TPSA) is 61.9 Å². The summed E-state index contributed by atoms with van der Waals surface area (Å²) < 4.78 is 5.17. The van der Waals surface area contributed by atoms with Crippen molar-refractivity contribution in [1.82, 2.24) is 4.90 Å². The van der Waals surface area contributed by atoms with Crippen molar-refractivity contribution in [3.05, 3.63) is 54.1 Å². The van der Waals surface area contributed by atoms with Gasteiger partial charge in [-0.2, -0.15) is 0 Å². The largest absolute Gasteiger partial charge is 0.497 e. The molecule has 2 aliphatic rings. The van der Waals surface area contributed by atoms with Gasteiger partial charge in [0.25, 0.3) is 0 Å². The lowest BCUT2D eigenvalue weighted by molar-refractivity contribution is -0.122. The molecule has 164 valence electrons. The molecule has 6 heteroatoms. The van der Waals surface area contributed by atoms with E-state index in [0.717, 1.165) is 42.7 Å². The van der Waals surface area contributed by atoms with Crippen molar-refractivity contribution in [2.45, 2.75) is 32.7 Å². The van der Waals surface area contributed by atoms with E-state index < -0.39 is 0 Å². The van der Waals surface area contributed by atoms with Crippen LogP contribution in [0.5, 0.6) is 5.75 Å². The molecule has 2 aliphatic heterocycles. The summed E-state index contributed by atoms with van der Waals surface area (Å²) in [5.41, 5.74) is 2.82. The molecule has 0 saturated carbocycles. The maximum Gasteiger partial charge on any atom is 0.229 e. The van der Waals surface area contributed by atoms with Crippen LogP contribution in [0.25, 0.3) is 0 Å². The Labute approximate surface area is 184 Å². The molecule has 0 bridgehead atoms. The number of nitrogens with one attached hydrogen (secondary N) is 1. The van der Waals surface area contributed by atoms with E-state index >= 15 is 0 Å². The number of benzene rings is 2. The zero-order chi connectivity index (χ0) is 21.8. The number of hydrogen-bond donors (Lipinski definition) is 1. The highest BCUT2D eigenvalue weighted by atomic mass is 16.5. The van der Waals surface area contributed by atoms with E-state index in [1.165, 1.54) is 18.4 Å². The number of methoxy groups -OCH3 is 1. The Morgan fingerprint density at radius 3 is 2.39 bits per heavy atom. The quantitative estimate of drug-likeness (QED) is 0.768. The molecule has 2 heterocycles. The Bertz CT molecular complexity index is 903. The number of carbonyl (C=O) groups excluding carboxylic acids is 2. The summed E-state index contributed by atoms with van der Waals surface area (Å²) in [5.74, 6) is 1.07. The molecule has 2 saturated heterocycles. The van der Waals surface area contributed by atoms with Gasteiger partial charge in [-0.25, -0.2) is 0 Å². The first-order chi connectivity index (χ1) is 15.0. The summed E-state index contributed by atoms with van der Waals surface area (Å²) >= 11 is 0. The Morgan fingerprint density at radius 1 is 1.06 bits per heavy atom. The molecule has 1 atom stereocenters.